The van der Waals surface area contributed by atoms with Crippen LogP contribution in [0.1, 0.15) is 44.6 Å². The molecule has 0 spiro atoms. The highest BCUT2D eigenvalue weighted by atomic mass is 32.2. The number of carbonyl (C=O) groups is 2. The van der Waals surface area contributed by atoms with Gasteiger partial charge in [0.05, 0.1) is 41.0 Å². The smallest absolute Gasteiger partial charge is 0.273 e. The fourth-order valence-electron chi connectivity index (χ4n) is 5.28. The SMILES string of the molecule is COc1ccc([C@@H]2CC(c3cccs3)=NN2C(=O)CSc2nnc(CNC(=O)c3cccc([N+](=O)[O-])c3C)n2-c2ccccc2)cc1. The fourth-order valence-corrected chi connectivity index (χ4v) is 6.82. The second kappa shape index (κ2) is 14.0. The molecule has 14 heteroatoms. The molecule has 0 radical (unpaired) electrons. The Morgan fingerprint density at radius 2 is 1.83 bits per heavy atom. The van der Waals surface area contributed by atoms with Gasteiger partial charge in [-0.25, -0.2) is 5.01 Å². The maximum Gasteiger partial charge on any atom is 0.273 e. The number of methoxy groups -OCH3 is 1. The molecule has 1 aliphatic rings. The number of nitro benzene ring substituents is 1. The van der Waals surface area contributed by atoms with Crippen LogP contribution in [0.4, 0.5) is 5.69 Å². The minimum absolute atomic E-state index is 0.00248. The van der Waals surface area contributed by atoms with Crippen LogP contribution in [0, 0.1) is 17.0 Å². The second-order valence-electron chi connectivity index (χ2n) is 10.5. The lowest BCUT2D eigenvalue weighted by Crippen LogP contribution is -2.28. The van der Waals surface area contributed by atoms with E-state index in [2.05, 4.69) is 15.5 Å². The number of nitrogens with one attached hydrogen (secondary N) is 1. The van der Waals surface area contributed by atoms with Gasteiger partial charge < -0.3 is 10.1 Å². The van der Waals surface area contributed by atoms with Gasteiger partial charge in [0.15, 0.2) is 11.0 Å². The zero-order chi connectivity index (χ0) is 32.9. The number of thiophene rings is 1. The van der Waals surface area contributed by atoms with Crippen LogP contribution in [-0.4, -0.2) is 55.1 Å². The van der Waals surface area contributed by atoms with E-state index in [0.717, 1.165) is 27.6 Å². The summed E-state index contributed by atoms with van der Waals surface area (Å²) < 4.78 is 7.10. The van der Waals surface area contributed by atoms with Crippen molar-refractivity contribution in [1.29, 1.82) is 0 Å². The molecule has 1 aliphatic heterocycles. The predicted molar refractivity (Wildman–Crippen MR) is 179 cm³/mol. The Balaban J connectivity index is 1.22. The van der Waals surface area contributed by atoms with E-state index in [1.54, 1.807) is 28.0 Å². The minimum Gasteiger partial charge on any atom is -0.497 e. The molecule has 1 N–H and O–H groups in total. The summed E-state index contributed by atoms with van der Waals surface area (Å²) in [6.07, 6.45) is 0.581. The molecule has 6 rings (SSSR count). The Labute approximate surface area is 278 Å². The van der Waals surface area contributed by atoms with Crippen molar-refractivity contribution in [2.75, 3.05) is 12.9 Å². The Hall–Kier alpha value is -5.34. The number of hydrogen-bond acceptors (Lipinski definition) is 10. The molecule has 12 nitrogen and oxygen atoms in total. The van der Waals surface area contributed by atoms with Crippen LogP contribution in [-0.2, 0) is 11.3 Å². The molecular weight excluding hydrogens is 639 g/mol. The van der Waals surface area contributed by atoms with Crippen LogP contribution in [0.3, 0.4) is 0 Å². The number of nitro groups is 1. The third kappa shape index (κ3) is 6.78. The Kier molecular flexibility index (Phi) is 9.40. The molecule has 0 fully saturated rings. The highest BCUT2D eigenvalue weighted by molar-refractivity contribution is 7.99. The van der Waals surface area contributed by atoms with Crippen LogP contribution in [0.2, 0.25) is 0 Å². The standard InChI is InChI=1S/C33H29N7O5S2/c1-21-25(10-6-11-27(21)40(43)44)32(42)34-19-30-35-36-33(38(30)23-8-4-3-5-9-23)47-20-31(41)39-28(22-13-15-24(45-2)16-14-22)18-26(37-39)29-12-7-17-46-29/h3-17,28H,18-20H2,1-2H3,(H,34,42)/t28-/m0/s1. The van der Waals surface area contributed by atoms with Crippen LogP contribution in [0.5, 0.6) is 5.75 Å². The number of amides is 2. The molecular formula is C33H29N7O5S2. The van der Waals surface area contributed by atoms with Gasteiger partial charge in [-0.05, 0) is 54.3 Å². The van der Waals surface area contributed by atoms with E-state index in [1.807, 2.05) is 72.1 Å². The van der Waals surface area contributed by atoms with Crippen molar-refractivity contribution < 1.29 is 19.2 Å². The molecule has 238 valence electrons. The van der Waals surface area contributed by atoms with E-state index in [-0.39, 0.29) is 41.1 Å². The topological polar surface area (TPSA) is 145 Å². The number of para-hydroxylation sites is 1. The number of benzene rings is 3. The van der Waals surface area contributed by atoms with Crippen molar-refractivity contribution in [3.05, 3.63) is 128 Å². The summed E-state index contributed by atoms with van der Waals surface area (Å²) in [5.41, 5.74) is 2.89. The second-order valence-corrected chi connectivity index (χ2v) is 12.4. The zero-order valence-electron chi connectivity index (χ0n) is 25.4. The van der Waals surface area contributed by atoms with Crippen LogP contribution < -0.4 is 10.1 Å². The first kappa shape index (κ1) is 31.6. The third-order valence-corrected chi connectivity index (χ3v) is 9.50. The maximum atomic E-state index is 13.8. The molecule has 2 amide bonds. The molecule has 0 aliphatic carbocycles. The van der Waals surface area contributed by atoms with Crippen LogP contribution in [0.15, 0.2) is 101 Å². The number of hydrazone groups is 1. The van der Waals surface area contributed by atoms with Crippen molar-refractivity contribution in [2.45, 2.75) is 31.1 Å². The Bertz CT molecular complexity index is 1940. The van der Waals surface area contributed by atoms with Gasteiger partial charge in [-0.15, -0.1) is 21.5 Å². The summed E-state index contributed by atoms with van der Waals surface area (Å²) in [5, 5.41) is 31.6. The Morgan fingerprint density at radius 1 is 1.04 bits per heavy atom. The molecule has 0 bridgehead atoms. The van der Waals surface area contributed by atoms with Gasteiger partial charge in [0.2, 0.25) is 0 Å². The average Bonchev–Trinajstić information content (AvgIpc) is 3.87. The van der Waals surface area contributed by atoms with Crippen molar-refractivity contribution >= 4 is 46.3 Å². The number of thioether (sulfide) groups is 1. The minimum atomic E-state index is -0.515. The van der Waals surface area contributed by atoms with Crippen molar-refractivity contribution in [3.63, 3.8) is 0 Å². The van der Waals surface area contributed by atoms with E-state index in [1.165, 1.54) is 36.9 Å². The maximum absolute atomic E-state index is 13.8. The summed E-state index contributed by atoms with van der Waals surface area (Å²) in [5.74, 6) is 0.528. The van der Waals surface area contributed by atoms with Crippen LogP contribution >= 0.6 is 23.1 Å². The Morgan fingerprint density at radius 3 is 2.53 bits per heavy atom. The van der Waals surface area contributed by atoms with Gasteiger partial charge in [-0.1, -0.05) is 54.2 Å². The van der Waals surface area contributed by atoms with Gasteiger partial charge in [-0.2, -0.15) is 5.10 Å². The molecule has 47 heavy (non-hydrogen) atoms. The lowest BCUT2D eigenvalue weighted by Gasteiger charge is -2.22. The van der Waals surface area contributed by atoms with E-state index in [9.17, 15) is 19.7 Å². The lowest BCUT2D eigenvalue weighted by atomic mass is 10.0. The number of rotatable bonds is 11. The summed E-state index contributed by atoms with van der Waals surface area (Å²) in [6, 6.07) is 25.1. The van der Waals surface area contributed by atoms with E-state index < -0.39 is 10.8 Å². The quantitative estimate of drug-likeness (QED) is 0.103. The monoisotopic (exact) mass is 667 g/mol. The number of carbonyl (C=O) groups excluding carboxylic acids is 2. The van der Waals surface area contributed by atoms with Crippen molar-refractivity contribution in [2.24, 2.45) is 5.10 Å². The number of nitrogens with zero attached hydrogens (tertiary/aromatic N) is 6. The predicted octanol–water partition coefficient (Wildman–Crippen LogP) is 5.95. The first-order valence-corrected chi connectivity index (χ1v) is 16.4. The number of hydrogen-bond donors (Lipinski definition) is 1. The summed E-state index contributed by atoms with van der Waals surface area (Å²) in [4.78, 5) is 38.7. The number of ether oxygens (including phenoxy) is 1. The zero-order valence-corrected chi connectivity index (χ0v) is 27.0. The fraction of sp³-hybridized carbons (Fsp3) is 0.182. The largest absolute Gasteiger partial charge is 0.497 e. The molecule has 3 heterocycles. The summed E-state index contributed by atoms with van der Waals surface area (Å²) >= 11 is 2.80. The van der Waals surface area contributed by atoms with Gasteiger partial charge in [-0.3, -0.25) is 24.3 Å². The normalized spacial score (nSPS) is 14.1. The van der Waals surface area contributed by atoms with Crippen LogP contribution in [0.25, 0.3) is 5.69 Å². The summed E-state index contributed by atoms with van der Waals surface area (Å²) in [6.45, 7) is 1.54. The van der Waals surface area contributed by atoms with Gasteiger partial charge in [0.1, 0.15) is 5.75 Å². The molecule has 0 saturated heterocycles. The van der Waals surface area contributed by atoms with E-state index in [0.29, 0.717) is 17.4 Å². The number of aromatic nitrogens is 3. The first-order chi connectivity index (χ1) is 22.8. The molecule has 5 aromatic rings. The highest BCUT2D eigenvalue weighted by Gasteiger charge is 2.34. The highest BCUT2D eigenvalue weighted by Crippen LogP contribution is 2.35. The molecule has 0 unspecified atom stereocenters. The molecule has 2 aromatic heterocycles. The first-order valence-electron chi connectivity index (χ1n) is 14.6. The van der Waals surface area contributed by atoms with Crippen molar-refractivity contribution in [3.8, 4) is 11.4 Å². The van der Waals surface area contributed by atoms with Gasteiger partial charge in [0.25, 0.3) is 17.5 Å². The third-order valence-electron chi connectivity index (χ3n) is 7.67. The average molecular weight is 668 g/mol. The lowest BCUT2D eigenvalue weighted by molar-refractivity contribution is -0.385. The van der Waals surface area contributed by atoms with Gasteiger partial charge >= 0.3 is 0 Å². The van der Waals surface area contributed by atoms with Crippen molar-refractivity contribution in [1.82, 2.24) is 25.1 Å². The summed E-state index contributed by atoms with van der Waals surface area (Å²) in [7, 11) is 1.61. The van der Waals surface area contributed by atoms with E-state index in [4.69, 9.17) is 9.84 Å². The van der Waals surface area contributed by atoms with Gasteiger partial charge in [0, 0.05) is 29.3 Å². The molecule has 3 aromatic carbocycles. The van der Waals surface area contributed by atoms with E-state index >= 15 is 0 Å². The molecule has 0 saturated carbocycles. The molecule has 1 atom stereocenters.